The second-order valence-electron chi connectivity index (χ2n) is 5.21. The summed E-state index contributed by atoms with van der Waals surface area (Å²) in [5.74, 6) is 0.708. The normalized spacial score (nSPS) is 15.3. The van der Waals surface area contributed by atoms with Crippen molar-refractivity contribution in [1.29, 1.82) is 0 Å². The number of hydrogen-bond acceptors (Lipinski definition) is 5. The first kappa shape index (κ1) is 15.4. The van der Waals surface area contributed by atoms with Crippen LogP contribution in [-0.2, 0) is 16.6 Å². The fraction of sp³-hybridized carbons (Fsp3) is 0.538. The summed E-state index contributed by atoms with van der Waals surface area (Å²) in [6.45, 7) is 1.98. The minimum absolute atomic E-state index is 0.0266. The lowest BCUT2D eigenvalue weighted by Crippen LogP contribution is -2.32. The maximum atomic E-state index is 12.5. The Hall–Kier alpha value is -1.45. The van der Waals surface area contributed by atoms with E-state index in [0.29, 0.717) is 5.82 Å². The first-order valence-electron chi connectivity index (χ1n) is 7.22. The van der Waals surface area contributed by atoms with Crippen molar-refractivity contribution < 1.29 is 8.42 Å². The van der Waals surface area contributed by atoms with Crippen LogP contribution in [0.4, 0.5) is 0 Å². The highest BCUT2D eigenvalue weighted by Crippen LogP contribution is 2.37. The molecule has 2 aromatic heterocycles. The molecule has 7 nitrogen and oxygen atoms in total. The topological polar surface area (TPSA) is 86.0 Å². The van der Waals surface area contributed by atoms with Gasteiger partial charge in [-0.1, -0.05) is 6.07 Å². The van der Waals surface area contributed by atoms with Crippen LogP contribution in [-0.4, -0.2) is 35.1 Å². The highest BCUT2D eigenvalue weighted by atomic mass is 32.2. The van der Waals surface area contributed by atoms with E-state index in [-0.39, 0.29) is 30.6 Å². The fourth-order valence-corrected chi connectivity index (χ4v) is 3.52. The van der Waals surface area contributed by atoms with Crippen molar-refractivity contribution in [3.8, 4) is 10.7 Å². The molecule has 22 heavy (non-hydrogen) atoms. The second-order valence-corrected chi connectivity index (χ2v) is 8.25. The summed E-state index contributed by atoms with van der Waals surface area (Å²) in [5, 5.41) is 6.35. The Morgan fingerprint density at radius 2 is 2.23 bits per heavy atom. The summed E-state index contributed by atoms with van der Waals surface area (Å²) < 4.78 is 28.4. The molecule has 1 fully saturated rings. The van der Waals surface area contributed by atoms with Crippen molar-refractivity contribution in [3.05, 3.63) is 28.0 Å². The van der Waals surface area contributed by atoms with Gasteiger partial charge in [-0.2, -0.15) is 0 Å². The fourth-order valence-electron chi connectivity index (χ4n) is 2.21. The molecule has 0 amide bonds. The van der Waals surface area contributed by atoms with E-state index in [1.165, 1.54) is 4.68 Å². The van der Waals surface area contributed by atoms with E-state index in [4.69, 9.17) is 0 Å². The quantitative estimate of drug-likeness (QED) is 0.815. The molecule has 0 spiro atoms. The third-order valence-corrected chi connectivity index (χ3v) is 5.82. The van der Waals surface area contributed by atoms with Crippen molar-refractivity contribution in [1.82, 2.24) is 19.1 Å². The third-order valence-electron chi connectivity index (χ3n) is 3.55. The van der Waals surface area contributed by atoms with Crippen LogP contribution in [0.15, 0.2) is 22.3 Å². The van der Waals surface area contributed by atoms with Gasteiger partial charge in [-0.05, 0) is 31.2 Å². The average Bonchev–Trinajstić information content (AvgIpc) is 3.07. The zero-order valence-corrected chi connectivity index (χ0v) is 13.9. The molecule has 9 heteroatoms. The van der Waals surface area contributed by atoms with Gasteiger partial charge in [0, 0.05) is 12.6 Å². The molecule has 1 saturated carbocycles. The molecular weight excluding hydrogens is 324 g/mol. The van der Waals surface area contributed by atoms with Gasteiger partial charge in [0.05, 0.1) is 17.2 Å². The van der Waals surface area contributed by atoms with Crippen molar-refractivity contribution in [2.45, 2.75) is 32.4 Å². The molecule has 2 heterocycles. The summed E-state index contributed by atoms with van der Waals surface area (Å²) >= 11 is 1.54. The van der Waals surface area contributed by atoms with Gasteiger partial charge >= 0.3 is 5.69 Å². The monoisotopic (exact) mass is 342 g/mol. The summed E-state index contributed by atoms with van der Waals surface area (Å²) in [6, 6.07) is 4.09. The SMILES string of the molecule is CCS(=O)(=O)NCCn1nc(-c2cccs2)n(C2CC2)c1=O. The van der Waals surface area contributed by atoms with Crippen LogP contribution in [0.3, 0.4) is 0 Å². The third kappa shape index (κ3) is 3.16. The zero-order valence-electron chi connectivity index (χ0n) is 12.2. The van der Waals surface area contributed by atoms with Crippen molar-refractivity contribution in [3.63, 3.8) is 0 Å². The van der Waals surface area contributed by atoms with Gasteiger partial charge in [0.1, 0.15) is 0 Å². The number of hydrogen-bond donors (Lipinski definition) is 1. The number of thiophene rings is 1. The van der Waals surface area contributed by atoms with E-state index < -0.39 is 10.0 Å². The Bertz CT molecular complexity index is 801. The lowest BCUT2D eigenvalue weighted by atomic mass is 10.4. The van der Waals surface area contributed by atoms with Gasteiger partial charge in [0.15, 0.2) is 5.82 Å². The molecule has 0 aromatic carbocycles. The number of aromatic nitrogens is 3. The van der Waals surface area contributed by atoms with E-state index >= 15 is 0 Å². The second kappa shape index (κ2) is 5.98. The van der Waals surface area contributed by atoms with Gasteiger partial charge in [0.25, 0.3) is 0 Å². The predicted molar refractivity (Wildman–Crippen MR) is 85.5 cm³/mol. The van der Waals surface area contributed by atoms with Gasteiger partial charge in [0.2, 0.25) is 10.0 Å². The minimum atomic E-state index is -3.25. The molecule has 0 aliphatic heterocycles. The maximum Gasteiger partial charge on any atom is 0.346 e. The Labute approximate surface area is 132 Å². The predicted octanol–water partition coefficient (Wildman–Crippen LogP) is 1.05. The zero-order chi connectivity index (χ0) is 15.7. The van der Waals surface area contributed by atoms with Crippen LogP contribution in [0, 0.1) is 0 Å². The van der Waals surface area contributed by atoms with E-state index in [1.807, 2.05) is 17.5 Å². The molecule has 0 atom stereocenters. The van der Waals surface area contributed by atoms with E-state index in [9.17, 15) is 13.2 Å². The standard InChI is InChI=1S/C13H18N4O3S2/c1-2-22(19,20)14-7-8-16-13(18)17(10-5-6-10)12(15-16)11-4-3-9-21-11/h3-4,9-10,14H,2,5-8H2,1H3. The van der Waals surface area contributed by atoms with Crippen LogP contribution in [0.25, 0.3) is 10.7 Å². The Kier molecular flexibility index (Phi) is 4.20. The van der Waals surface area contributed by atoms with Crippen LogP contribution in [0.1, 0.15) is 25.8 Å². The minimum Gasteiger partial charge on any atom is -0.271 e. The van der Waals surface area contributed by atoms with Crippen molar-refractivity contribution in [2.75, 3.05) is 12.3 Å². The molecule has 0 bridgehead atoms. The van der Waals surface area contributed by atoms with E-state index in [1.54, 1.807) is 22.8 Å². The summed E-state index contributed by atoms with van der Waals surface area (Å²) in [4.78, 5) is 13.4. The Morgan fingerprint density at radius 3 is 2.82 bits per heavy atom. The smallest absolute Gasteiger partial charge is 0.271 e. The van der Waals surface area contributed by atoms with Gasteiger partial charge in [-0.25, -0.2) is 22.6 Å². The Balaban J connectivity index is 1.84. The summed E-state index contributed by atoms with van der Waals surface area (Å²) in [7, 11) is -3.25. The van der Waals surface area contributed by atoms with Gasteiger partial charge in [-0.15, -0.1) is 16.4 Å². The maximum absolute atomic E-state index is 12.5. The molecule has 0 saturated heterocycles. The molecule has 1 N–H and O–H groups in total. The summed E-state index contributed by atoms with van der Waals surface area (Å²) in [6.07, 6.45) is 1.98. The molecule has 0 unspecified atom stereocenters. The van der Waals surface area contributed by atoms with Gasteiger partial charge in [-0.3, -0.25) is 4.57 Å². The van der Waals surface area contributed by atoms with Crippen molar-refractivity contribution in [2.24, 2.45) is 0 Å². The average molecular weight is 342 g/mol. The molecule has 1 aliphatic rings. The van der Waals surface area contributed by atoms with Gasteiger partial charge < -0.3 is 0 Å². The highest BCUT2D eigenvalue weighted by Gasteiger charge is 2.30. The lowest BCUT2D eigenvalue weighted by Gasteiger charge is -2.03. The van der Waals surface area contributed by atoms with Crippen LogP contribution in [0.2, 0.25) is 0 Å². The number of rotatable bonds is 7. The largest absolute Gasteiger partial charge is 0.346 e. The molecule has 3 rings (SSSR count). The molecule has 1 aliphatic carbocycles. The van der Waals surface area contributed by atoms with Crippen LogP contribution < -0.4 is 10.4 Å². The number of sulfonamides is 1. The van der Waals surface area contributed by atoms with E-state index in [2.05, 4.69) is 9.82 Å². The number of nitrogens with one attached hydrogen (secondary N) is 1. The van der Waals surface area contributed by atoms with E-state index in [0.717, 1.165) is 17.7 Å². The molecule has 0 radical (unpaired) electrons. The first-order chi connectivity index (χ1) is 10.5. The number of nitrogens with zero attached hydrogens (tertiary/aromatic N) is 3. The molecular formula is C13H18N4O3S2. The Morgan fingerprint density at radius 1 is 1.45 bits per heavy atom. The molecule has 120 valence electrons. The molecule has 2 aromatic rings. The first-order valence-corrected chi connectivity index (χ1v) is 9.75. The van der Waals surface area contributed by atoms with Crippen molar-refractivity contribution >= 4 is 21.4 Å². The summed E-state index contributed by atoms with van der Waals surface area (Å²) in [5.41, 5.74) is -0.165. The highest BCUT2D eigenvalue weighted by molar-refractivity contribution is 7.89. The van der Waals surface area contributed by atoms with Crippen LogP contribution >= 0.6 is 11.3 Å². The lowest BCUT2D eigenvalue weighted by molar-refractivity contribution is 0.547. The van der Waals surface area contributed by atoms with Crippen LogP contribution in [0.5, 0.6) is 0 Å².